The predicted molar refractivity (Wildman–Crippen MR) is 105 cm³/mol. The van der Waals surface area contributed by atoms with E-state index in [0.717, 1.165) is 39.6 Å². The van der Waals surface area contributed by atoms with Crippen LogP contribution >= 0.6 is 23.5 Å². The summed E-state index contributed by atoms with van der Waals surface area (Å²) in [6.07, 6.45) is 0.827. The number of nitrogens with zero attached hydrogens (tertiary/aromatic N) is 2. The van der Waals surface area contributed by atoms with Gasteiger partial charge in [0.05, 0.1) is 16.3 Å². The van der Waals surface area contributed by atoms with E-state index in [4.69, 9.17) is 4.98 Å². The van der Waals surface area contributed by atoms with E-state index >= 15 is 0 Å². The lowest BCUT2D eigenvalue weighted by Crippen LogP contribution is -2.23. The van der Waals surface area contributed by atoms with Crippen LogP contribution in [0.4, 0.5) is 4.39 Å². The second-order valence-corrected chi connectivity index (χ2v) is 8.21. The van der Waals surface area contributed by atoms with Crippen molar-refractivity contribution in [3.8, 4) is 5.69 Å². The number of hydrogen-bond donors (Lipinski definition) is 0. The average Bonchev–Trinajstić information content (AvgIpc) is 3.11. The van der Waals surface area contributed by atoms with Crippen LogP contribution in [0.25, 0.3) is 5.69 Å². The van der Waals surface area contributed by atoms with Crippen molar-refractivity contribution in [1.29, 1.82) is 0 Å². The number of aromatic nitrogens is 2. The third-order valence-corrected chi connectivity index (χ3v) is 6.36. The second-order valence-electron chi connectivity index (χ2n) is 6.16. The van der Waals surface area contributed by atoms with Gasteiger partial charge in [0.15, 0.2) is 5.16 Å². The van der Waals surface area contributed by atoms with Crippen molar-refractivity contribution >= 4 is 23.5 Å². The highest BCUT2D eigenvalue weighted by Gasteiger charge is 2.22. The number of aryl methyl sites for hydroxylation is 2. The van der Waals surface area contributed by atoms with Crippen LogP contribution in [0.2, 0.25) is 0 Å². The molecule has 0 fully saturated rings. The highest BCUT2D eigenvalue weighted by Crippen LogP contribution is 2.31. The molecule has 3 nitrogen and oxygen atoms in total. The molecule has 0 aliphatic carbocycles. The standard InChI is InChI=1S/C20H17FN2OS2/c1-13-2-8-16(9-3-13)23-19(24)18-17(10-11-25-18)22-20(23)26-12-14-4-6-15(21)7-5-14/h2-9H,10-12H2,1H3. The Morgan fingerprint density at radius 2 is 1.88 bits per heavy atom. The summed E-state index contributed by atoms with van der Waals surface area (Å²) < 4.78 is 14.8. The third kappa shape index (κ3) is 3.44. The van der Waals surface area contributed by atoms with E-state index in [-0.39, 0.29) is 11.4 Å². The van der Waals surface area contributed by atoms with Gasteiger partial charge in [-0.15, -0.1) is 11.8 Å². The third-order valence-electron chi connectivity index (χ3n) is 4.24. The van der Waals surface area contributed by atoms with Crippen molar-refractivity contribution in [2.45, 2.75) is 29.1 Å². The van der Waals surface area contributed by atoms with Crippen molar-refractivity contribution in [3.63, 3.8) is 0 Å². The van der Waals surface area contributed by atoms with Crippen LogP contribution in [0.15, 0.2) is 63.4 Å². The van der Waals surface area contributed by atoms with Crippen molar-refractivity contribution in [3.05, 3.63) is 81.5 Å². The van der Waals surface area contributed by atoms with E-state index < -0.39 is 0 Å². The number of benzene rings is 2. The molecule has 4 rings (SSSR count). The van der Waals surface area contributed by atoms with Gasteiger partial charge in [-0.05, 0) is 36.8 Å². The molecule has 0 atom stereocenters. The first-order valence-corrected chi connectivity index (χ1v) is 10.3. The second kappa shape index (κ2) is 7.29. The van der Waals surface area contributed by atoms with E-state index in [9.17, 15) is 9.18 Å². The molecule has 1 aromatic heterocycles. The molecule has 0 unspecified atom stereocenters. The van der Waals surface area contributed by atoms with E-state index in [1.165, 1.54) is 23.9 Å². The molecular weight excluding hydrogens is 367 g/mol. The van der Waals surface area contributed by atoms with Crippen molar-refractivity contribution in [2.75, 3.05) is 5.75 Å². The molecule has 0 saturated heterocycles. The molecule has 0 saturated carbocycles. The zero-order chi connectivity index (χ0) is 18.1. The van der Waals surface area contributed by atoms with E-state index in [1.54, 1.807) is 28.5 Å². The molecule has 0 radical (unpaired) electrons. The summed E-state index contributed by atoms with van der Waals surface area (Å²) in [5, 5.41) is 0.685. The number of hydrogen-bond acceptors (Lipinski definition) is 4. The lowest BCUT2D eigenvalue weighted by molar-refractivity contribution is 0.627. The fourth-order valence-electron chi connectivity index (χ4n) is 2.84. The van der Waals surface area contributed by atoms with Gasteiger partial charge in [0.2, 0.25) is 0 Å². The Bertz CT molecular complexity index is 998. The molecule has 132 valence electrons. The topological polar surface area (TPSA) is 34.9 Å². The first-order chi connectivity index (χ1) is 12.6. The van der Waals surface area contributed by atoms with Gasteiger partial charge in [0.1, 0.15) is 5.82 Å². The summed E-state index contributed by atoms with van der Waals surface area (Å²) in [6, 6.07) is 14.3. The van der Waals surface area contributed by atoms with Gasteiger partial charge in [-0.3, -0.25) is 9.36 Å². The average molecular weight is 385 g/mol. The molecular formula is C20H17FN2OS2. The van der Waals surface area contributed by atoms with E-state index in [0.29, 0.717) is 10.9 Å². The van der Waals surface area contributed by atoms with Crippen LogP contribution in [-0.2, 0) is 12.2 Å². The fourth-order valence-corrected chi connectivity index (χ4v) is 4.85. The summed E-state index contributed by atoms with van der Waals surface area (Å²) in [4.78, 5) is 18.6. The monoisotopic (exact) mass is 384 g/mol. The van der Waals surface area contributed by atoms with Gasteiger partial charge >= 0.3 is 0 Å². The van der Waals surface area contributed by atoms with Crippen molar-refractivity contribution in [1.82, 2.24) is 9.55 Å². The Labute approximate surface area is 159 Å². The first kappa shape index (κ1) is 17.4. The smallest absolute Gasteiger partial charge is 0.268 e. The van der Waals surface area contributed by atoms with Gasteiger partial charge < -0.3 is 0 Å². The first-order valence-electron chi connectivity index (χ1n) is 8.35. The van der Waals surface area contributed by atoms with Crippen LogP contribution in [-0.4, -0.2) is 15.3 Å². The molecule has 2 aromatic carbocycles. The molecule has 0 spiro atoms. The Balaban J connectivity index is 1.75. The number of thioether (sulfide) groups is 2. The van der Waals surface area contributed by atoms with Crippen molar-refractivity contribution in [2.24, 2.45) is 0 Å². The zero-order valence-corrected chi connectivity index (χ0v) is 15.9. The minimum atomic E-state index is -0.247. The maximum atomic E-state index is 13.1. The SMILES string of the molecule is Cc1ccc(-n2c(SCc3ccc(F)cc3)nc3c(c2=O)SCC3)cc1. The van der Waals surface area contributed by atoms with Crippen molar-refractivity contribution < 1.29 is 4.39 Å². The summed E-state index contributed by atoms with van der Waals surface area (Å²) >= 11 is 3.09. The number of rotatable bonds is 4. The zero-order valence-electron chi connectivity index (χ0n) is 14.2. The van der Waals surface area contributed by atoms with Gasteiger partial charge in [-0.1, -0.05) is 41.6 Å². The molecule has 1 aliphatic heterocycles. The minimum absolute atomic E-state index is 0.00274. The summed E-state index contributed by atoms with van der Waals surface area (Å²) in [5.41, 5.74) is 3.86. The lowest BCUT2D eigenvalue weighted by Gasteiger charge is -2.14. The van der Waals surface area contributed by atoms with Gasteiger partial charge in [-0.2, -0.15) is 0 Å². The largest absolute Gasteiger partial charge is 0.272 e. The molecule has 3 aromatic rings. The van der Waals surface area contributed by atoms with E-state index in [1.807, 2.05) is 31.2 Å². The van der Waals surface area contributed by atoms with Crippen LogP contribution in [0, 0.1) is 12.7 Å². The Morgan fingerprint density at radius 1 is 1.15 bits per heavy atom. The molecule has 26 heavy (non-hydrogen) atoms. The molecule has 2 heterocycles. The maximum Gasteiger partial charge on any atom is 0.272 e. The van der Waals surface area contributed by atoms with Crippen LogP contribution in [0.5, 0.6) is 0 Å². The molecule has 1 aliphatic rings. The highest BCUT2D eigenvalue weighted by molar-refractivity contribution is 7.99. The highest BCUT2D eigenvalue weighted by atomic mass is 32.2. The van der Waals surface area contributed by atoms with Gasteiger partial charge in [0.25, 0.3) is 5.56 Å². The fraction of sp³-hybridized carbons (Fsp3) is 0.200. The van der Waals surface area contributed by atoms with E-state index in [2.05, 4.69) is 0 Å². The van der Waals surface area contributed by atoms with Crippen LogP contribution in [0.1, 0.15) is 16.8 Å². The number of fused-ring (bicyclic) bond motifs is 1. The normalized spacial score (nSPS) is 13.0. The minimum Gasteiger partial charge on any atom is -0.268 e. The summed E-state index contributed by atoms with van der Waals surface area (Å²) in [6.45, 7) is 2.02. The molecule has 0 N–H and O–H groups in total. The Hall–Kier alpha value is -2.05. The van der Waals surface area contributed by atoms with Gasteiger partial charge in [0, 0.05) is 17.9 Å². The summed E-state index contributed by atoms with van der Waals surface area (Å²) in [5.74, 6) is 1.28. The van der Waals surface area contributed by atoms with Crippen LogP contribution in [0.3, 0.4) is 0 Å². The summed E-state index contributed by atoms with van der Waals surface area (Å²) in [7, 11) is 0. The van der Waals surface area contributed by atoms with Crippen LogP contribution < -0.4 is 5.56 Å². The molecule has 6 heteroatoms. The maximum absolute atomic E-state index is 13.1. The molecule has 0 amide bonds. The Morgan fingerprint density at radius 3 is 2.62 bits per heavy atom. The number of halogens is 1. The van der Waals surface area contributed by atoms with Gasteiger partial charge in [-0.25, -0.2) is 9.37 Å². The Kier molecular flexibility index (Phi) is 4.87. The molecule has 0 bridgehead atoms. The lowest BCUT2D eigenvalue weighted by atomic mass is 10.2. The quantitative estimate of drug-likeness (QED) is 0.486. The predicted octanol–water partition coefficient (Wildman–Crippen LogP) is 4.62.